The van der Waals surface area contributed by atoms with E-state index in [4.69, 9.17) is 16.3 Å². The summed E-state index contributed by atoms with van der Waals surface area (Å²) in [4.78, 5) is 14.4. The summed E-state index contributed by atoms with van der Waals surface area (Å²) in [5.41, 5.74) is 0.653. The largest absolute Gasteiger partial charge is 0.495 e. The lowest BCUT2D eigenvalue weighted by molar-refractivity contribution is 0.0931. The normalized spacial score (nSPS) is 14.7. The Balaban J connectivity index is 1.99. The van der Waals surface area contributed by atoms with E-state index in [9.17, 15) is 4.79 Å². The first kappa shape index (κ1) is 14.4. The Labute approximate surface area is 119 Å². The van der Waals surface area contributed by atoms with Gasteiger partial charge in [0.05, 0.1) is 18.7 Å². The number of halogens is 1. The van der Waals surface area contributed by atoms with Crippen LogP contribution in [0.2, 0.25) is 5.02 Å². The maximum absolute atomic E-state index is 12.2. The maximum atomic E-state index is 12.2. The summed E-state index contributed by atoms with van der Waals surface area (Å²) in [6.07, 6.45) is 2.61. The molecular formula is C15H20ClNO2. The molecule has 0 N–H and O–H groups in total. The van der Waals surface area contributed by atoms with Crippen molar-refractivity contribution in [3.05, 3.63) is 28.8 Å². The van der Waals surface area contributed by atoms with Gasteiger partial charge in [-0.2, -0.15) is 0 Å². The van der Waals surface area contributed by atoms with Gasteiger partial charge in [0.15, 0.2) is 5.78 Å². The van der Waals surface area contributed by atoms with Crippen molar-refractivity contribution in [2.24, 2.45) is 5.92 Å². The third-order valence-corrected chi connectivity index (χ3v) is 3.80. The van der Waals surface area contributed by atoms with E-state index in [1.807, 2.05) is 0 Å². The third kappa shape index (κ3) is 3.95. The molecular weight excluding hydrogens is 262 g/mol. The molecule has 0 bridgehead atoms. The molecule has 1 aliphatic carbocycles. The van der Waals surface area contributed by atoms with Gasteiger partial charge in [-0.1, -0.05) is 18.5 Å². The van der Waals surface area contributed by atoms with Crippen LogP contribution in [0.25, 0.3) is 0 Å². The highest BCUT2D eigenvalue weighted by Crippen LogP contribution is 2.30. The molecule has 19 heavy (non-hydrogen) atoms. The van der Waals surface area contributed by atoms with Crippen LogP contribution in [0.4, 0.5) is 0 Å². The third-order valence-electron chi connectivity index (χ3n) is 3.50. The molecule has 1 fully saturated rings. The summed E-state index contributed by atoms with van der Waals surface area (Å²) < 4.78 is 5.09. The smallest absolute Gasteiger partial charge is 0.176 e. The van der Waals surface area contributed by atoms with Gasteiger partial charge in [0.25, 0.3) is 0 Å². The van der Waals surface area contributed by atoms with Gasteiger partial charge >= 0.3 is 0 Å². The molecule has 0 heterocycles. The molecule has 0 saturated heterocycles. The lowest BCUT2D eigenvalue weighted by atomic mass is 10.1. The number of carbonyl (C=O) groups excluding carboxylic acids is 1. The SMILES string of the molecule is CCN(CC(=O)c1ccc(OC)c(Cl)c1)CC1CC1. The number of ether oxygens (including phenoxy) is 1. The van der Waals surface area contributed by atoms with Gasteiger partial charge < -0.3 is 4.74 Å². The highest BCUT2D eigenvalue weighted by molar-refractivity contribution is 6.32. The minimum Gasteiger partial charge on any atom is -0.495 e. The molecule has 1 saturated carbocycles. The number of carbonyl (C=O) groups is 1. The van der Waals surface area contributed by atoms with E-state index in [0.717, 1.165) is 19.0 Å². The van der Waals surface area contributed by atoms with Crippen molar-refractivity contribution in [2.45, 2.75) is 19.8 Å². The Kier molecular flexibility index (Phi) is 4.83. The monoisotopic (exact) mass is 281 g/mol. The number of benzene rings is 1. The molecule has 0 atom stereocenters. The minimum absolute atomic E-state index is 0.118. The number of methoxy groups -OCH3 is 1. The molecule has 3 nitrogen and oxygen atoms in total. The molecule has 0 amide bonds. The fourth-order valence-corrected chi connectivity index (χ4v) is 2.36. The van der Waals surface area contributed by atoms with Crippen molar-refractivity contribution < 1.29 is 9.53 Å². The average Bonchev–Trinajstić information content (AvgIpc) is 3.21. The van der Waals surface area contributed by atoms with Crippen molar-refractivity contribution >= 4 is 17.4 Å². The quantitative estimate of drug-likeness (QED) is 0.719. The van der Waals surface area contributed by atoms with Gasteiger partial charge in [-0.3, -0.25) is 9.69 Å². The fraction of sp³-hybridized carbons (Fsp3) is 0.533. The van der Waals surface area contributed by atoms with E-state index < -0.39 is 0 Å². The number of ketones is 1. The number of rotatable bonds is 7. The molecule has 0 aromatic heterocycles. The number of hydrogen-bond donors (Lipinski definition) is 0. The molecule has 0 spiro atoms. The van der Waals surface area contributed by atoms with E-state index in [-0.39, 0.29) is 5.78 Å². The van der Waals surface area contributed by atoms with Crippen LogP contribution in [0.1, 0.15) is 30.1 Å². The standard InChI is InChI=1S/C15H20ClNO2/c1-3-17(9-11-4-5-11)10-14(18)12-6-7-15(19-2)13(16)8-12/h6-8,11H,3-5,9-10H2,1-2H3. The summed E-state index contributed by atoms with van der Waals surface area (Å²) in [6, 6.07) is 5.21. The molecule has 0 radical (unpaired) electrons. The number of hydrogen-bond acceptors (Lipinski definition) is 3. The Bertz CT molecular complexity index is 457. The van der Waals surface area contributed by atoms with E-state index in [2.05, 4.69) is 11.8 Å². The van der Waals surface area contributed by atoms with Crippen LogP contribution in [-0.4, -0.2) is 37.4 Å². The van der Waals surface area contributed by atoms with Crippen LogP contribution in [-0.2, 0) is 0 Å². The molecule has 2 rings (SSSR count). The van der Waals surface area contributed by atoms with Crippen LogP contribution >= 0.6 is 11.6 Å². The average molecular weight is 282 g/mol. The molecule has 104 valence electrons. The van der Waals surface area contributed by atoms with E-state index in [1.165, 1.54) is 12.8 Å². The number of nitrogens with zero attached hydrogens (tertiary/aromatic N) is 1. The van der Waals surface area contributed by atoms with E-state index >= 15 is 0 Å². The zero-order chi connectivity index (χ0) is 13.8. The number of likely N-dealkylation sites (N-methyl/N-ethyl adjacent to an activating group) is 1. The zero-order valence-corrected chi connectivity index (χ0v) is 12.2. The topological polar surface area (TPSA) is 29.5 Å². The first-order valence-electron chi connectivity index (χ1n) is 6.73. The summed E-state index contributed by atoms with van der Waals surface area (Å²) in [5, 5.41) is 0.485. The Hall–Kier alpha value is -1.06. The predicted octanol–water partition coefficient (Wildman–Crippen LogP) is 3.26. The highest BCUT2D eigenvalue weighted by atomic mass is 35.5. The fourth-order valence-electron chi connectivity index (χ4n) is 2.11. The van der Waals surface area contributed by atoms with E-state index in [1.54, 1.807) is 25.3 Å². The maximum Gasteiger partial charge on any atom is 0.176 e. The molecule has 0 aliphatic heterocycles. The molecule has 1 aliphatic rings. The Morgan fingerprint density at radius 3 is 2.74 bits per heavy atom. The number of Topliss-reactive ketones (excluding diaryl/α,β-unsaturated/α-hetero) is 1. The highest BCUT2D eigenvalue weighted by Gasteiger charge is 2.24. The van der Waals surface area contributed by atoms with Gasteiger partial charge in [0.2, 0.25) is 0 Å². The van der Waals surface area contributed by atoms with Gasteiger partial charge in [-0.15, -0.1) is 0 Å². The van der Waals surface area contributed by atoms with E-state index in [0.29, 0.717) is 22.9 Å². The molecule has 1 aromatic rings. The summed E-state index contributed by atoms with van der Waals surface area (Å²) in [5.74, 6) is 1.52. The van der Waals surface area contributed by atoms with Crippen molar-refractivity contribution in [1.29, 1.82) is 0 Å². The molecule has 0 unspecified atom stereocenters. The van der Waals surface area contributed by atoms with Crippen LogP contribution in [0.5, 0.6) is 5.75 Å². The second-order valence-corrected chi connectivity index (χ2v) is 5.45. The van der Waals surface area contributed by atoms with Crippen molar-refractivity contribution in [2.75, 3.05) is 26.7 Å². The van der Waals surface area contributed by atoms with Crippen molar-refractivity contribution in [3.63, 3.8) is 0 Å². The van der Waals surface area contributed by atoms with Crippen molar-refractivity contribution in [1.82, 2.24) is 4.90 Å². The second-order valence-electron chi connectivity index (χ2n) is 5.04. The molecule has 1 aromatic carbocycles. The van der Waals surface area contributed by atoms with Gasteiger partial charge in [0.1, 0.15) is 5.75 Å². The van der Waals surface area contributed by atoms with Gasteiger partial charge in [0, 0.05) is 12.1 Å². The first-order valence-corrected chi connectivity index (χ1v) is 7.11. The lowest BCUT2D eigenvalue weighted by Gasteiger charge is -2.19. The molecule has 4 heteroatoms. The van der Waals surface area contributed by atoms with Gasteiger partial charge in [-0.05, 0) is 43.5 Å². The van der Waals surface area contributed by atoms with Crippen LogP contribution in [0.15, 0.2) is 18.2 Å². The Morgan fingerprint density at radius 2 is 2.21 bits per heavy atom. The van der Waals surface area contributed by atoms with Crippen molar-refractivity contribution in [3.8, 4) is 5.75 Å². The van der Waals surface area contributed by atoms with Crippen LogP contribution in [0, 0.1) is 5.92 Å². The Morgan fingerprint density at radius 1 is 1.47 bits per heavy atom. The summed E-state index contributed by atoms with van der Waals surface area (Å²) in [6.45, 7) is 4.50. The zero-order valence-electron chi connectivity index (χ0n) is 11.5. The van der Waals surface area contributed by atoms with Gasteiger partial charge in [-0.25, -0.2) is 0 Å². The summed E-state index contributed by atoms with van der Waals surface area (Å²) in [7, 11) is 1.57. The minimum atomic E-state index is 0.118. The first-order chi connectivity index (χ1) is 9.13. The summed E-state index contributed by atoms with van der Waals surface area (Å²) >= 11 is 6.05. The predicted molar refractivity (Wildman–Crippen MR) is 77.2 cm³/mol. The van der Waals surface area contributed by atoms with Crippen LogP contribution in [0.3, 0.4) is 0 Å². The lowest BCUT2D eigenvalue weighted by Crippen LogP contribution is -2.31. The van der Waals surface area contributed by atoms with Crippen LogP contribution < -0.4 is 4.74 Å². The second kappa shape index (κ2) is 6.40.